The molecule has 1 aliphatic heterocycles. The lowest BCUT2D eigenvalue weighted by atomic mass is 9.85. The van der Waals surface area contributed by atoms with Gasteiger partial charge in [-0.3, -0.25) is 0 Å². The van der Waals surface area contributed by atoms with E-state index in [0.717, 1.165) is 17.4 Å². The van der Waals surface area contributed by atoms with Gasteiger partial charge in [-0.15, -0.1) is 0 Å². The third kappa shape index (κ3) is 3.43. The Hall–Kier alpha value is -0.390. The van der Waals surface area contributed by atoms with Gasteiger partial charge in [-0.05, 0) is 36.8 Å². The molecular formula is C15H20BrNO2S. The lowest BCUT2D eigenvalue weighted by molar-refractivity contribution is 0.436. The summed E-state index contributed by atoms with van der Waals surface area (Å²) in [6.45, 7) is 0.882. The van der Waals surface area contributed by atoms with E-state index in [0.29, 0.717) is 17.5 Å². The molecule has 1 aromatic carbocycles. The van der Waals surface area contributed by atoms with Crippen LogP contribution in [-0.2, 0) is 9.84 Å². The van der Waals surface area contributed by atoms with Gasteiger partial charge in [0.15, 0.2) is 9.84 Å². The summed E-state index contributed by atoms with van der Waals surface area (Å²) in [6.07, 6.45) is 3.30. The van der Waals surface area contributed by atoms with Gasteiger partial charge in [0.1, 0.15) is 0 Å². The molecule has 2 aliphatic rings. The first-order valence-electron chi connectivity index (χ1n) is 7.23. The van der Waals surface area contributed by atoms with Crippen LogP contribution in [0.1, 0.15) is 30.7 Å². The molecule has 110 valence electrons. The summed E-state index contributed by atoms with van der Waals surface area (Å²) >= 11 is 3.62. The third-order valence-electron chi connectivity index (χ3n) is 4.35. The predicted octanol–water partition coefficient (Wildman–Crippen LogP) is 2.72. The number of nitrogens with one attached hydrogen (secondary N) is 1. The molecule has 1 saturated heterocycles. The molecule has 0 aromatic heterocycles. The predicted molar refractivity (Wildman–Crippen MR) is 84.7 cm³/mol. The minimum Gasteiger partial charge on any atom is -0.313 e. The molecule has 5 heteroatoms. The van der Waals surface area contributed by atoms with Crippen molar-refractivity contribution in [2.75, 3.05) is 18.1 Å². The lowest BCUT2D eigenvalue weighted by Gasteiger charge is -2.24. The first-order valence-corrected chi connectivity index (χ1v) is 9.85. The smallest absolute Gasteiger partial charge is 0.150 e. The Kier molecular flexibility index (Phi) is 4.20. The molecule has 1 aromatic rings. The second kappa shape index (κ2) is 5.78. The van der Waals surface area contributed by atoms with Crippen LogP contribution in [0.3, 0.4) is 0 Å². The monoisotopic (exact) mass is 357 g/mol. The highest BCUT2D eigenvalue weighted by Gasteiger charge is 2.35. The average molecular weight is 358 g/mol. The Balaban J connectivity index is 1.81. The molecule has 1 aliphatic carbocycles. The number of sulfone groups is 1. The largest absolute Gasteiger partial charge is 0.313 e. The van der Waals surface area contributed by atoms with E-state index in [2.05, 4.69) is 27.3 Å². The van der Waals surface area contributed by atoms with E-state index in [1.807, 2.05) is 18.2 Å². The van der Waals surface area contributed by atoms with Crippen LogP contribution in [0.2, 0.25) is 0 Å². The van der Waals surface area contributed by atoms with Gasteiger partial charge in [-0.25, -0.2) is 8.42 Å². The van der Waals surface area contributed by atoms with E-state index in [1.165, 1.54) is 18.4 Å². The second-order valence-corrected chi connectivity index (χ2v) is 9.06. The number of rotatable bonds is 5. The molecule has 0 amide bonds. The maximum absolute atomic E-state index is 11.8. The van der Waals surface area contributed by atoms with Gasteiger partial charge in [-0.2, -0.15) is 0 Å². The second-order valence-electron chi connectivity index (χ2n) is 5.97. The molecule has 20 heavy (non-hydrogen) atoms. The molecule has 0 bridgehead atoms. The molecule has 0 spiro atoms. The molecule has 3 rings (SSSR count). The van der Waals surface area contributed by atoms with Crippen LogP contribution in [0.15, 0.2) is 28.7 Å². The summed E-state index contributed by atoms with van der Waals surface area (Å²) in [7, 11) is -2.83. The Bertz CT molecular complexity index is 583. The van der Waals surface area contributed by atoms with Crippen molar-refractivity contribution >= 4 is 25.8 Å². The first kappa shape index (κ1) is 14.5. The number of benzene rings is 1. The minimum atomic E-state index is -2.83. The van der Waals surface area contributed by atoms with Crippen LogP contribution in [0.5, 0.6) is 0 Å². The maximum Gasteiger partial charge on any atom is 0.150 e. The van der Waals surface area contributed by atoms with Crippen LogP contribution in [0.25, 0.3) is 0 Å². The molecule has 2 unspecified atom stereocenters. The summed E-state index contributed by atoms with van der Waals surface area (Å²) in [5.41, 5.74) is 1.24. The maximum atomic E-state index is 11.8. The van der Waals surface area contributed by atoms with E-state index in [9.17, 15) is 8.42 Å². The van der Waals surface area contributed by atoms with E-state index < -0.39 is 9.84 Å². The SMILES string of the molecule is O=S1(=O)CCC(C(CNC2CC2)c2ccccc2Br)C1. The van der Waals surface area contributed by atoms with Crippen molar-refractivity contribution in [3.8, 4) is 0 Å². The fraction of sp³-hybridized carbons (Fsp3) is 0.600. The normalized spacial score (nSPS) is 26.6. The fourth-order valence-corrected chi connectivity index (χ4v) is 5.49. The van der Waals surface area contributed by atoms with Crippen molar-refractivity contribution < 1.29 is 8.42 Å². The summed E-state index contributed by atoms with van der Waals surface area (Å²) in [5, 5.41) is 3.57. The van der Waals surface area contributed by atoms with E-state index in [-0.39, 0.29) is 11.8 Å². The fourth-order valence-electron chi connectivity index (χ4n) is 3.03. The molecular weight excluding hydrogens is 338 g/mol. The van der Waals surface area contributed by atoms with Crippen molar-refractivity contribution in [1.82, 2.24) is 5.32 Å². The van der Waals surface area contributed by atoms with Gasteiger partial charge in [0.2, 0.25) is 0 Å². The quantitative estimate of drug-likeness (QED) is 0.881. The van der Waals surface area contributed by atoms with Crippen LogP contribution < -0.4 is 5.32 Å². The molecule has 1 heterocycles. The summed E-state index contributed by atoms with van der Waals surface area (Å²) in [6, 6.07) is 8.85. The zero-order valence-corrected chi connectivity index (χ0v) is 13.8. The van der Waals surface area contributed by atoms with Crippen LogP contribution in [0, 0.1) is 5.92 Å². The highest BCUT2D eigenvalue weighted by Crippen LogP contribution is 2.36. The van der Waals surface area contributed by atoms with Crippen molar-refractivity contribution in [2.45, 2.75) is 31.2 Å². The topological polar surface area (TPSA) is 46.2 Å². The van der Waals surface area contributed by atoms with Gasteiger partial charge in [0.25, 0.3) is 0 Å². The van der Waals surface area contributed by atoms with Crippen molar-refractivity contribution in [3.05, 3.63) is 34.3 Å². The average Bonchev–Trinajstić information content (AvgIpc) is 3.15. The van der Waals surface area contributed by atoms with Gasteiger partial charge >= 0.3 is 0 Å². The molecule has 1 N–H and O–H groups in total. The number of halogens is 1. The van der Waals surface area contributed by atoms with Crippen LogP contribution >= 0.6 is 15.9 Å². The van der Waals surface area contributed by atoms with Gasteiger partial charge in [-0.1, -0.05) is 34.1 Å². The Morgan fingerprint density at radius 1 is 1.25 bits per heavy atom. The number of hydrogen-bond acceptors (Lipinski definition) is 3. The zero-order chi connectivity index (χ0) is 14.2. The molecule has 2 fully saturated rings. The summed E-state index contributed by atoms with van der Waals surface area (Å²) in [5.74, 6) is 1.21. The standard InChI is InChI=1S/C15H20BrNO2S/c16-15-4-2-1-3-13(15)14(9-17-12-5-6-12)11-7-8-20(18,19)10-11/h1-4,11-12,14,17H,5-10H2. The molecule has 2 atom stereocenters. The highest BCUT2D eigenvalue weighted by atomic mass is 79.9. The van der Waals surface area contributed by atoms with Crippen LogP contribution in [-0.4, -0.2) is 32.5 Å². The minimum absolute atomic E-state index is 0.241. The third-order valence-corrected chi connectivity index (χ3v) is 6.86. The van der Waals surface area contributed by atoms with E-state index >= 15 is 0 Å². The van der Waals surface area contributed by atoms with Crippen molar-refractivity contribution in [1.29, 1.82) is 0 Å². The highest BCUT2D eigenvalue weighted by molar-refractivity contribution is 9.10. The molecule has 1 saturated carbocycles. The summed E-state index contributed by atoms with van der Waals surface area (Å²) in [4.78, 5) is 0. The van der Waals surface area contributed by atoms with Gasteiger partial charge in [0.05, 0.1) is 11.5 Å². The van der Waals surface area contributed by atoms with Gasteiger partial charge < -0.3 is 5.32 Å². The van der Waals surface area contributed by atoms with Gasteiger partial charge in [0, 0.05) is 23.0 Å². The van der Waals surface area contributed by atoms with Crippen molar-refractivity contribution in [2.24, 2.45) is 5.92 Å². The number of hydrogen-bond donors (Lipinski definition) is 1. The Morgan fingerprint density at radius 3 is 2.60 bits per heavy atom. The first-order chi connectivity index (χ1) is 9.55. The lowest BCUT2D eigenvalue weighted by Crippen LogP contribution is -2.29. The molecule has 3 nitrogen and oxygen atoms in total. The van der Waals surface area contributed by atoms with E-state index in [4.69, 9.17) is 0 Å². The van der Waals surface area contributed by atoms with Crippen molar-refractivity contribution in [3.63, 3.8) is 0 Å². The Morgan fingerprint density at radius 2 is 2.00 bits per heavy atom. The Labute approximate surface area is 129 Å². The van der Waals surface area contributed by atoms with Crippen LogP contribution in [0.4, 0.5) is 0 Å². The zero-order valence-electron chi connectivity index (χ0n) is 11.4. The summed E-state index contributed by atoms with van der Waals surface area (Å²) < 4.78 is 24.6. The van der Waals surface area contributed by atoms with E-state index in [1.54, 1.807) is 0 Å². The molecule has 0 radical (unpaired) electrons.